The summed E-state index contributed by atoms with van der Waals surface area (Å²) in [5.74, 6) is 2.00. The molecule has 1 atom stereocenters. The Bertz CT molecular complexity index is 1090. The van der Waals surface area contributed by atoms with Crippen LogP contribution in [0.3, 0.4) is 0 Å². The van der Waals surface area contributed by atoms with Gasteiger partial charge >= 0.3 is 0 Å². The number of aryl methyl sites for hydroxylation is 3. The average Bonchev–Trinajstić information content (AvgIpc) is 3.11. The van der Waals surface area contributed by atoms with Gasteiger partial charge in [-0.25, -0.2) is 0 Å². The first kappa shape index (κ1) is 22.1. The maximum atomic E-state index is 13.0. The molecule has 0 N–H and O–H groups in total. The average molecular weight is 434 g/mol. The molecule has 1 amide bonds. The minimum Gasteiger partial charge on any atom is -0.496 e. The molecule has 1 saturated heterocycles. The Kier molecular flexibility index (Phi) is 6.58. The van der Waals surface area contributed by atoms with Gasteiger partial charge in [0.25, 0.3) is 0 Å². The molecule has 0 aliphatic carbocycles. The predicted molar refractivity (Wildman–Crippen MR) is 123 cm³/mol. The number of aromatic nitrogens is 2. The highest BCUT2D eigenvalue weighted by Gasteiger charge is 2.27. The molecule has 3 heterocycles. The lowest BCUT2D eigenvalue weighted by atomic mass is 9.92. The van der Waals surface area contributed by atoms with Gasteiger partial charge in [-0.15, -0.1) is 0 Å². The molecule has 0 bridgehead atoms. The number of carbonyl (C=O) groups excluding carboxylic acids is 1. The van der Waals surface area contributed by atoms with E-state index in [9.17, 15) is 4.79 Å². The van der Waals surface area contributed by atoms with Crippen LogP contribution in [-0.4, -0.2) is 41.1 Å². The van der Waals surface area contributed by atoms with Crippen LogP contribution in [0.15, 0.2) is 40.9 Å². The fourth-order valence-electron chi connectivity index (χ4n) is 4.61. The molecule has 1 aromatic carbocycles. The number of methoxy groups -OCH3 is 1. The molecular weight excluding hydrogens is 402 g/mol. The molecule has 6 nitrogen and oxygen atoms in total. The third-order valence-electron chi connectivity index (χ3n) is 6.32. The zero-order chi connectivity index (χ0) is 22.7. The Morgan fingerprint density at radius 1 is 1.22 bits per heavy atom. The number of hydrogen-bond donors (Lipinski definition) is 0. The highest BCUT2D eigenvalue weighted by molar-refractivity contribution is 5.79. The molecule has 0 radical (unpaired) electrons. The monoisotopic (exact) mass is 433 g/mol. The van der Waals surface area contributed by atoms with Crippen molar-refractivity contribution in [3.63, 3.8) is 0 Å². The summed E-state index contributed by atoms with van der Waals surface area (Å²) in [7, 11) is 1.71. The van der Waals surface area contributed by atoms with Gasteiger partial charge < -0.3 is 14.2 Å². The first-order chi connectivity index (χ1) is 15.4. The zero-order valence-electron chi connectivity index (χ0n) is 19.4. The number of pyridine rings is 1. The van der Waals surface area contributed by atoms with E-state index in [1.807, 2.05) is 43.9 Å². The van der Waals surface area contributed by atoms with Gasteiger partial charge in [0.05, 0.1) is 19.2 Å². The third kappa shape index (κ3) is 4.85. The maximum absolute atomic E-state index is 13.0. The van der Waals surface area contributed by atoms with Crippen LogP contribution < -0.4 is 4.74 Å². The number of ether oxygens (including phenoxy) is 1. The van der Waals surface area contributed by atoms with E-state index in [-0.39, 0.29) is 11.8 Å². The van der Waals surface area contributed by atoms with Crippen LogP contribution in [0.5, 0.6) is 5.75 Å². The Hall–Kier alpha value is -3.15. The number of likely N-dealkylation sites (tertiary alicyclic amines) is 1. The minimum atomic E-state index is 0.131. The zero-order valence-corrected chi connectivity index (χ0v) is 19.4. The molecule has 3 aromatic rings. The van der Waals surface area contributed by atoms with Crippen molar-refractivity contribution in [3.05, 3.63) is 75.9 Å². The third-order valence-corrected chi connectivity index (χ3v) is 6.32. The summed E-state index contributed by atoms with van der Waals surface area (Å²) in [6, 6.07) is 12.5. The molecule has 1 fully saturated rings. The maximum Gasteiger partial charge on any atom is 0.227 e. The van der Waals surface area contributed by atoms with Gasteiger partial charge in [0.1, 0.15) is 11.5 Å². The molecule has 0 saturated carbocycles. The van der Waals surface area contributed by atoms with Crippen molar-refractivity contribution in [2.75, 3.05) is 20.2 Å². The van der Waals surface area contributed by atoms with Crippen molar-refractivity contribution < 1.29 is 14.1 Å². The van der Waals surface area contributed by atoms with Gasteiger partial charge in [0, 0.05) is 42.4 Å². The molecule has 1 unspecified atom stereocenters. The normalized spacial score (nSPS) is 16.2. The first-order valence-electron chi connectivity index (χ1n) is 11.2. The number of piperidine rings is 1. The van der Waals surface area contributed by atoms with Gasteiger partial charge in [0.2, 0.25) is 5.91 Å². The molecule has 1 aliphatic heterocycles. The second-order valence-electron chi connectivity index (χ2n) is 8.69. The Morgan fingerprint density at radius 3 is 2.78 bits per heavy atom. The van der Waals surface area contributed by atoms with Gasteiger partial charge in [-0.3, -0.25) is 9.78 Å². The molecular formula is C26H31N3O3. The standard InChI is InChI=1S/C26H31N3O3/c1-17-12-20(13-21-8-5-6-10-25(21)31-4)14-24(27-17)22-9-7-11-29(16-22)26(30)15-23-18(2)28-32-19(23)3/h5-6,8,10,12,14,22H,7,9,11,13,15-16H2,1-4H3. The number of para-hydroxylation sites is 1. The lowest BCUT2D eigenvalue weighted by Gasteiger charge is -2.33. The summed E-state index contributed by atoms with van der Waals surface area (Å²) in [5.41, 5.74) is 6.16. The Morgan fingerprint density at radius 2 is 2.03 bits per heavy atom. The Labute approximate surface area is 189 Å². The van der Waals surface area contributed by atoms with Gasteiger partial charge in [0.15, 0.2) is 0 Å². The van der Waals surface area contributed by atoms with E-state index < -0.39 is 0 Å². The summed E-state index contributed by atoms with van der Waals surface area (Å²) in [5, 5.41) is 3.98. The van der Waals surface area contributed by atoms with E-state index in [0.717, 1.165) is 65.5 Å². The summed E-state index contributed by atoms with van der Waals surface area (Å²) in [6.07, 6.45) is 3.16. The van der Waals surface area contributed by atoms with Crippen molar-refractivity contribution in [1.82, 2.24) is 15.0 Å². The smallest absolute Gasteiger partial charge is 0.227 e. The van der Waals surface area contributed by atoms with Crippen LogP contribution in [0, 0.1) is 20.8 Å². The molecule has 6 heteroatoms. The predicted octanol–water partition coefficient (Wildman–Crippen LogP) is 4.54. The topological polar surface area (TPSA) is 68.5 Å². The number of hydrogen-bond acceptors (Lipinski definition) is 5. The van der Waals surface area contributed by atoms with E-state index >= 15 is 0 Å². The van der Waals surface area contributed by atoms with Crippen molar-refractivity contribution in [1.29, 1.82) is 0 Å². The van der Waals surface area contributed by atoms with Gasteiger partial charge in [-0.2, -0.15) is 0 Å². The highest BCUT2D eigenvalue weighted by Crippen LogP contribution is 2.29. The van der Waals surface area contributed by atoms with Crippen molar-refractivity contribution in [3.8, 4) is 5.75 Å². The number of nitrogens with zero attached hydrogens (tertiary/aromatic N) is 3. The molecule has 1 aliphatic rings. The van der Waals surface area contributed by atoms with E-state index in [0.29, 0.717) is 13.0 Å². The van der Waals surface area contributed by atoms with Crippen LogP contribution in [-0.2, 0) is 17.6 Å². The van der Waals surface area contributed by atoms with Crippen molar-refractivity contribution in [2.45, 2.75) is 52.4 Å². The highest BCUT2D eigenvalue weighted by atomic mass is 16.5. The van der Waals surface area contributed by atoms with E-state index in [1.54, 1.807) is 7.11 Å². The summed E-state index contributed by atoms with van der Waals surface area (Å²) in [4.78, 5) is 19.8. The molecule has 32 heavy (non-hydrogen) atoms. The van der Waals surface area contributed by atoms with Crippen LogP contribution in [0.25, 0.3) is 0 Å². The first-order valence-corrected chi connectivity index (χ1v) is 11.2. The SMILES string of the molecule is COc1ccccc1Cc1cc(C)nc(C2CCCN(C(=O)Cc3c(C)noc3C)C2)c1. The lowest BCUT2D eigenvalue weighted by Crippen LogP contribution is -2.40. The lowest BCUT2D eigenvalue weighted by molar-refractivity contribution is -0.131. The second-order valence-corrected chi connectivity index (χ2v) is 8.69. The van der Waals surface area contributed by atoms with Crippen LogP contribution >= 0.6 is 0 Å². The van der Waals surface area contributed by atoms with Crippen molar-refractivity contribution in [2.24, 2.45) is 0 Å². The fourth-order valence-corrected chi connectivity index (χ4v) is 4.61. The molecule has 4 rings (SSSR count). The number of carbonyl (C=O) groups is 1. The van der Waals surface area contributed by atoms with Crippen LogP contribution in [0.4, 0.5) is 0 Å². The largest absolute Gasteiger partial charge is 0.496 e. The quantitative estimate of drug-likeness (QED) is 0.571. The fraction of sp³-hybridized carbons (Fsp3) is 0.423. The molecule has 168 valence electrons. The van der Waals surface area contributed by atoms with Gasteiger partial charge in [-0.1, -0.05) is 23.4 Å². The number of rotatable bonds is 6. The summed E-state index contributed by atoms with van der Waals surface area (Å²) in [6.45, 7) is 7.28. The molecule has 2 aromatic heterocycles. The summed E-state index contributed by atoms with van der Waals surface area (Å²) >= 11 is 0. The number of amides is 1. The van der Waals surface area contributed by atoms with Crippen LogP contribution in [0.2, 0.25) is 0 Å². The van der Waals surface area contributed by atoms with Gasteiger partial charge in [-0.05, 0) is 62.9 Å². The van der Waals surface area contributed by atoms with E-state index in [1.165, 1.54) is 5.56 Å². The number of benzene rings is 1. The Balaban J connectivity index is 1.50. The van der Waals surface area contributed by atoms with Crippen LogP contribution in [0.1, 0.15) is 58.3 Å². The summed E-state index contributed by atoms with van der Waals surface area (Å²) < 4.78 is 10.7. The van der Waals surface area contributed by atoms with E-state index in [2.05, 4.69) is 23.4 Å². The van der Waals surface area contributed by atoms with E-state index in [4.69, 9.17) is 14.2 Å². The minimum absolute atomic E-state index is 0.131. The molecule has 0 spiro atoms. The second kappa shape index (κ2) is 9.55. The van der Waals surface area contributed by atoms with Crippen molar-refractivity contribution >= 4 is 5.91 Å².